The highest BCUT2D eigenvalue weighted by atomic mass is 35.5. The molecule has 2 amide bonds. The topological polar surface area (TPSA) is 111 Å². The lowest BCUT2D eigenvalue weighted by Gasteiger charge is -2.28. The molecule has 0 radical (unpaired) electrons. The summed E-state index contributed by atoms with van der Waals surface area (Å²) < 4.78 is 8.75. The zero-order valence-electron chi connectivity index (χ0n) is 26.1. The number of nitrogens with zero attached hydrogens (tertiary/aromatic N) is 5. The highest BCUT2D eigenvalue weighted by Crippen LogP contribution is 2.36. The van der Waals surface area contributed by atoms with Crippen LogP contribution < -0.4 is 10.9 Å². The molecule has 45 heavy (non-hydrogen) atoms. The molecule has 5 rings (SSSR count). The number of hydrogen-bond donors (Lipinski definition) is 1. The van der Waals surface area contributed by atoms with Gasteiger partial charge in [0.2, 0.25) is 5.91 Å². The first-order valence-electron chi connectivity index (χ1n) is 14.2. The van der Waals surface area contributed by atoms with Gasteiger partial charge in [0, 0.05) is 49.3 Å². The Kier molecular flexibility index (Phi) is 8.41. The van der Waals surface area contributed by atoms with Gasteiger partial charge in [-0.05, 0) is 69.3 Å². The lowest BCUT2D eigenvalue weighted by Crippen LogP contribution is -2.45. The van der Waals surface area contributed by atoms with Crippen LogP contribution >= 0.6 is 11.6 Å². The maximum atomic E-state index is 13.3. The SMILES string of the molecule is CC(C(=O)Nc1cc(-c2cccc3cnn(C)c23)c(Cl)c(C#Cc2ccc3c(ccc(=O)n3C)c2)n1)N(C)C(=O)OC(C)(C)C. The summed E-state index contributed by atoms with van der Waals surface area (Å²) in [6.07, 6.45) is 1.14. The van der Waals surface area contributed by atoms with Crippen molar-refractivity contribution in [3.63, 3.8) is 0 Å². The van der Waals surface area contributed by atoms with Crippen molar-refractivity contribution in [3.05, 3.63) is 87.4 Å². The predicted octanol–water partition coefficient (Wildman–Crippen LogP) is 5.73. The Morgan fingerprint density at radius 1 is 1.02 bits per heavy atom. The molecule has 11 heteroatoms. The first kappa shape index (κ1) is 31.3. The van der Waals surface area contributed by atoms with Crippen LogP contribution in [-0.2, 0) is 23.6 Å². The fraction of sp³-hybridized carbons (Fsp3) is 0.265. The van der Waals surface area contributed by atoms with Crippen LogP contribution in [0.2, 0.25) is 5.02 Å². The summed E-state index contributed by atoms with van der Waals surface area (Å²) in [6, 6.07) is 15.4. The molecule has 3 heterocycles. The molecule has 230 valence electrons. The van der Waals surface area contributed by atoms with E-state index < -0.39 is 23.6 Å². The minimum Gasteiger partial charge on any atom is -0.444 e. The summed E-state index contributed by atoms with van der Waals surface area (Å²) in [5, 5.41) is 9.29. The van der Waals surface area contributed by atoms with Crippen LogP contribution in [0.3, 0.4) is 0 Å². The zero-order valence-corrected chi connectivity index (χ0v) is 26.9. The second-order valence-electron chi connectivity index (χ2n) is 11.7. The number of carbonyl (C=O) groups excluding carboxylic acids is 2. The Morgan fingerprint density at radius 2 is 1.78 bits per heavy atom. The van der Waals surface area contributed by atoms with Crippen LogP contribution in [0.1, 0.15) is 39.0 Å². The maximum absolute atomic E-state index is 13.3. The third-order valence-electron chi connectivity index (χ3n) is 7.35. The second-order valence-corrected chi connectivity index (χ2v) is 12.1. The Hall–Kier alpha value is -5.14. The van der Waals surface area contributed by atoms with E-state index in [2.05, 4.69) is 27.2 Å². The Morgan fingerprint density at radius 3 is 2.51 bits per heavy atom. The van der Waals surface area contributed by atoms with Crippen LogP contribution in [0.15, 0.2) is 65.6 Å². The number of likely N-dealkylation sites (N-methyl/N-ethyl adjacent to an activating group) is 1. The van der Waals surface area contributed by atoms with E-state index in [1.807, 2.05) is 43.4 Å². The summed E-state index contributed by atoms with van der Waals surface area (Å²) in [4.78, 5) is 43.8. The largest absolute Gasteiger partial charge is 0.444 e. The number of para-hydroxylation sites is 1. The van der Waals surface area contributed by atoms with E-state index in [9.17, 15) is 14.4 Å². The lowest BCUT2D eigenvalue weighted by molar-refractivity contribution is -0.120. The molecule has 0 aliphatic rings. The van der Waals surface area contributed by atoms with Gasteiger partial charge in [-0.3, -0.25) is 19.2 Å². The molecule has 5 aromatic rings. The van der Waals surface area contributed by atoms with Crippen molar-refractivity contribution in [2.75, 3.05) is 12.4 Å². The van der Waals surface area contributed by atoms with Gasteiger partial charge in [0.15, 0.2) is 0 Å². The van der Waals surface area contributed by atoms with Gasteiger partial charge in [-0.2, -0.15) is 5.10 Å². The van der Waals surface area contributed by atoms with Crippen molar-refractivity contribution in [1.82, 2.24) is 24.2 Å². The highest BCUT2D eigenvalue weighted by molar-refractivity contribution is 6.34. The summed E-state index contributed by atoms with van der Waals surface area (Å²) in [5.41, 5.74) is 3.14. The van der Waals surface area contributed by atoms with Crippen molar-refractivity contribution in [1.29, 1.82) is 0 Å². The number of hydrogen-bond acceptors (Lipinski definition) is 6. The Balaban J connectivity index is 1.57. The van der Waals surface area contributed by atoms with Crippen LogP contribution in [0, 0.1) is 11.8 Å². The number of ether oxygens (including phenoxy) is 1. The van der Waals surface area contributed by atoms with Crippen molar-refractivity contribution in [2.24, 2.45) is 14.1 Å². The lowest BCUT2D eigenvalue weighted by atomic mass is 10.0. The quantitative estimate of drug-likeness (QED) is 0.256. The average Bonchev–Trinajstić information content (AvgIpc) is 3.38. The van der Waals surface area contributed by atoms with E-state index >= 15 is 0 Å². The average molecular weight is 625 g/mol. The zero-order chi connectivity index (χ0) is 32.6. The van der Waals surface area contributed by atoms with Crippen molar-refractivity contribution < 1.29 is 14.3 Å². The van der Waals surface area contributed by atoms with Crippen molar-refractivity contribution >= 4 is 51.2 Å². The van der Waals surface area contributed by atoms with Gasteiger partial charge < -0.3 is 14.6 Å². The summed E-state index contributed by atoms with van der Waals surface area (Å²) in [7, 11) is 5.06. The van der Waals surface area contributed by atoms with Gasteiger partial charge in [-0.25, -0.2) is 9.78 Å². The fourth-order valence-corrected chi connectivity index (χ4v) is 5.06. The van der Waals surface area contributed by atoms with Gasteiger partial charge in [-0.15, -0.1) is 0 Å². The first-order valence-corrected chi connectivity index (χ1v) is 14.6. The molecule has 10 nitrogen and oxygen atoms in total. The van der Waals surface area contributed by atoms with Crippen molar-refractivity contribution in [3.8, 4) is 23.0 Å². The van der Waals surface area contributed by atoms with E-state index in [1.54, 1.807) is 62.3 Å². The number of anilines is 1. The van der Waals surface area contributed by atoms with Gasteiger partial charge in [0.1, 0.15) is 23.2 Å². The van der Waals surface area contributed by atoms with E-state index in [4.69, 9.17) is 16.3 Å². The molecular weight excluding hydrogens is 592 g/mol. The third kappa shape index (κ3) is 6.54. The summed E-state index contributed by atoms with van der Waals surface area (Å²) >= 11 is 6.97. The molecule has 0 bridgehead atoms. The molecule has 1 atom stereocenters. The predicted molar refractivity (Wildman–Crippen MR) is 176 cm³/mol. The maximum Gasteiger partial charge on any atom is 0.410 e. The smallest absolute Gasteiger partial charge is 0.410 e. The summed E-state index contributed by atoms with van der Waals surface area (Å²) in [6.45, 7) is 6.87. The number of aromatic nitrogens is 4. The minimum absolute atomic E-state index is 0.0984. The van der Waals surface area contributed by atoms with Gasteiger partial charge in [-0.1, -0.05) is 35.7 Å². The number of pyridine rings is 2. The molecule has 0 saturated heterocycles. The molecule has 1 unspecified atom stereocenters. The number of amides is 2. The number of benzene rings is 2. The molecule has 0 aliphatic heterocycles. The highest BCUT2D eigenvalue weighted by Gasteiger charge is 2.27. The molecule has 0 fully saturated rings. The first-order chi connectivity index (χ1) is 21.2. The summed E-state index contributed by atoms with van der Waals surface area (Å²) in [5.74, 6) is 5.94. The molecule has 0 spiro atoms. The number of fused-ring (bicyclic) bond motifs is 2. The molecule has 3 aromatic heterocycles. The number of carbonyl (C=O) groups is 2. The van der Waals surface area contributed by atoms with Gasteiger partial charge in [0.25, 0.3) is 5.56 Å². The van der Waals surface area contributed by atoms with Crippen LogP contribution in [0.4, 0.5) is 10.6 Å². The molecule has 0 saturated carbocycles. The van der Waals surface area contributed by atoms with Gasteiger partial charge >= 0.3 is 6.09 Å². The standard InChI is InChI=1S/C34H33ClN6O4/c1-20(39(5)33(44)45-34(2,3)4)32(43)38-28-18-25(24-10-8-9-23-19-36-41(7)31(23)24)30(35)26(37-28)14-11-21-12-15-27-22(17-21)13-16-29(42)40(27)6/h8-10,12-13,15-20H,1-7H3,(H,37,38,43). The Bertz CT molecular complexity index is 2100. The van der Waals surface area contributed by atoms with E-state index in [1.165, 1.54) is 18.0 Å². The third-order valence-corrected chi connectivity index (χ3v) is 7.73. The Labute approximate surface area is 265 Å². The van der Waals surface area contributed by atoms with E-state index in [0.29, 0.717) is 16.1 Å². The van der Waals surface area contributed by atoms with E-state index in [0.717, 1.165) is 27.4 Å². The number of halogens is 1. The number of aryl methyl sites for hydroxylation is 2. The molecule has 0 aliphatic carbocycles. The molecule has 1 N–H and O–H groups in total. The second kappa shape index (κ2) is 12.1. The van der Waals surface area contributed by atoms with Crippen LogP contribution in [0.5, 0.6) is 0 Å². The number of nitrogens with one attached hydrogen (secondary N) is 1. The molecular formula is C34H33ClN6O4. The number of rotatable bonds is 4. The van der Waals surface area contributed by atoms with Crippen molar-refractivity contribution in [2.45, 2.75) is 39.3 Å². The normalized spacial score (nSPS) is 12.0. The van der Waals surface area contributed by atoms with Crippen LogP contribution in [0.25, 0.3) is 32.9 Å². The minimum atomic E-state index is -0.871. The monoisotopic (exact) mass is 624 g/mol. The van der Waals surface area contributed by atoms with E-state index in [-0.39, 0.29) is 17.1 Å². The van der Waals surface area contributed by atoms with Gasteiger partial charge in [0.05, 0.1) is 22.3 Å². The molecule has 2 aromatic carbocycles. The van der Waals surface area contributed by atoms with Crippen LogP contribution in [-0.4, -0.2) is 54.9 Å². The fourth-order valence-electron chi connectivity index (χ4n) is 4.82.